The molecule has 10 heavy (non-hydrogen) atoms. The second-order valence-electron chi connectivity index (χ2n) is 1.71. The summed E-state index contributed by atoms with van der Waals surface area (Å²) < 4.78 is 29.4. The number of hydrogen-bond acceptors (Lipinski definition) is 4. The molecule has 0 rings (SSSR count). The summed E-state index contributed by atoms with van der Waals surface area (Å²) in [6, 6.07) is 0. The molecule has 0 spiro atoms. The Morgan fingerprint density at radius 2 is 1.50 bits per heavy atom. The van der Waals surface area contributed by atoms with E-state index in [1.807, 2.05) is 14.1 Å². The number of hydrogen-bond donors (Lipinski definition) is 1. The molecule has 0 aromatic heterocycles. The molecule has 0 aliphatic rings. The second kappa shape index (κ2) is 7.13. The summed E-state index contributed by atoms with van der Waals surface area (Å²) in [6.45, 7) is 1.68. The second-order valence-corrected chi connectivity index (χ2v) is 6.77. The molecule has 0 amide bonds. The van der Waals surface area contributed by atoms with Crippen LogP contribution in [0.1, 0.15) is 13.3 Å². The zero-order valence-electron chi connectivity index (χ0n) is 6.52. The predicted octanol–water partition coefficient (Wildman–Crippen LogP) is 0.841. The Morgan fingerprint density at radius 1 is 1.20 bits per heavy atom. The smallest absolute Gasteiger partial charge is 0.0167 e. The average Bonchev–Trinajstić information content (AvgIpc) is 1.63. The van der Waals surface area contributed by atoms with Crippen LogP contribution in [0.3, 0.4) is 0 Å². The quantitative estimate of drug-likeness (QED) is 0.818. The summed E-state index contributed by atoms with van der Waals surface area (Å²) in [5.74, 6) is 0. The first-order valence-electron chi connectivity index (χ1n) is 2.94. The van der Waals surface area contributed by atoms with Gasteiger partial charge in [0.25, 0.3) is 0 Å². The first kappa shape index (κ1) is 12.7. The van der Waals surface area contributed by atoms with E-state index < -0.39 is 15.4 Å². The van der Waals surface area contributed by atoms with E-state index in [4.69, 9.17) is 0 Å². The Kier molecular flexibility index (Phi) is 9.04. The van der Waals surface area contributed by atoms with Crippen LogP contribution in [0, 0.1) is 0 Å². The fraction of sp³-hybridized carbons (Fsp3) is 1.00. The van der Waals surface area contributed by atoms with Crippen molar-refractivity contribution in [1.82, 2.24) is 5.32 Å². The van der Waals surface area contributed by atoms with Gasteiger partial charge >= 0.3 is 44.1 Å². The molecular weight excluding hydrogens is 308 g/mol. The third-order valence-corrected chi connectivity index (χ3v) is 3.44. The van der Waals surface area contributed by atoms with E-state index in [-0.39, 0.29) is 4.89 Å². The van der Waals surface area contributed by atoms with Gasteiger partial charge in [-0.25, -0.2) is 0 Å². The van der Waals surface area contributed by atoms with Gasteiger partial charge in [-0.1, -0.05) is 0 Å². The summed E-state index contributed by atoms with van der Waals surface area (Å²) in [7, 11) is 3.75. The third-order valence-electron chi connectivity index (χ3n) is 0.420. The van der Waals surface area contributed by atoms with E-state index in [0.29, 0.717) is 6.42 Å². The van der Waals surface area contributed by atoms with Crippen molar-refractivity contribution in [3.05, 3.63) is 0 Å². The SMILES string of the molecule is CC[CH2][Re](=[O])(=[O])=[O].CNC. The van der Waals surface area contributed by atoms with Gasteiger partial charge in [0.1, 0.15) is 0 Å². The van der Waals surface area contributed by atoms with E-state index in [1.54, 1.807) is 6.92 Å². The van der Waals surface area contributed by atoms with Crippen LogP contribution >= 0.6 is 0 Å². The maximum absolute atomic E-state index is 9.79. The Hall–Kier alpha value is 0.0223. The normalized spacial score (nSPS) is 9.90. The van der Waals surface area contributed by atoms with Gasteiger partial charge in [0.05, 0.1) is 0 Å². The van der Waals surface area contributed by atoms with E-state index >= 15 is 0 Å². The summed E-state index contributed by atoms with van der Waals surface area (Å²) in [5.41, 5.74) is 0. The fourth-order valence-electron chi connectivity index (χ4n) is 0.231. The molecule has 0 aromatic rings. The minimum atomic E-state index is -4.95. The molecule has 5 heteroatoms. The van der Waals surface area contributed by atoms with Crippen LogP contribution in [0.15, 0.2) is 0 Å². The summed E-state index contributed by atoms with van der Waals surface area (Å²) in [6.07, 6.45) is 0.461. The van der Waals surface area contributed by atoms with Crippen LogP contribution < -0.4 is 5.32 Å². The molecule has 64 valence electrons. The Labute approximate surface area is 63.9 Å². The van der Waals surface area contributed by atoms with Crippen molar-refractivity contribution in [2.45, 2.75) is 18.2 Å². The van der Waals surface area contributed by atoms with Crippen LogP contribution in [0.5, 0.6) is 0 Å². The van der Waals surface area contributed by atoms with Crippen molar-refractivity contribution in [3.63, 3.8) is 0 Å². The van der Waals surface area contributed by atoms with Crippen LogP contribution in [-0.2, 0) is 25.8 Å². The van der Waals surface area contributed by atoms with E-state index in [9.17, 15) is 10.4 Å². The van der Waals surface area contributed by atoms with E-state index in [1.165, 1.54) is 0 Å². The molecule has 0 unspecified atom stereocenters. The molecule has 0 bridgehead atoms. The van der Waals surface area contributed by atoms with Gasteiger partial charge in [0.15, 0.2) is 0 Å². The molecule has 0 aliphatic heterocycles. The number of rotatable bonds is 2. The summed E-state index contributed by atoms with van der Waals surface area (Å²) in [5, 5.41) is 2.75. The van der Waals surface area contributed by atoms with Crippen LogP contribution in [-0.4, -0.2) is 14.1 Å². The van der Waals surface area contributed by atoms with E-state index in [0.717, 1.165) is 0 Å². The van der Waals surface area contributed by atoms with Crippen LogP contribution in [0.25, 0.3) is 0 Å². The summed E-state index contributed by atoms with van der Waals surface area (Å²) in [4.78, 5) is -0.125. The molecule has 0 saturated heterocycles. The maximum Gasteiger partial charge on any atom is -0.0167 e. The Bertz CT molecular complexity index is 174. The fourth-order valence-corrected chi connectivity index (χ4v) is 1.89. The molecule has 0 heterocycles. The van der Waals surface area contributed by atoms with Gasteiger partial charge in [-0.2, -0.15) is 0 Å². The monoisotopic (exact) mass is 323 g/mol. The topological polar surface area (TPSA) is 63.2 Å². The zero-order chi connectivity index (χ0) is 8.62. The van der Waals surface area contributed by atoms with Gasteiger partial charge in [-0.05, 0) is 14.1 Å². The van der Waals surface area contributed by atoms with Crippen molar-refractivity contribution in [3.8, 4) is 0 Å². The minimum absolute atomic E-state index is 0.125. The largest absolute Gasteiger partial charge is 0.323 e. The van der Waals surface area contributed by atoms with Gasteiger partial charge in [0, 0.05) is 0 Å². The molecule has 1 N–H and O–H groups in total. The number of nitrogens with one attached hydrogen (secondary N) is 1. The zero-order valence-corrected chi connectivity index (χ0v) is 9.23. The van der Waals surface area contributed by atoms with Gasteiger partial charge in [-0.3, -0.25) is 0 Å². The van der Waals surface area contributed by atoms with Crippen LogP contribution in [0.4, 0.5) is 0 Å². The minimum Gasteiger partial charge on any atom is -0.323 e. The average molecular weight is 322 g/mol. The third kappa shape index (κ3) is 24.5. The van der Waals surface area contributed by atoms with Crippen LogP contribution in [0.2, 0.25) is 4.89 Å². The molecule has 0 saturated carbocycles. The molecule has 0 aliphatic carbocycles. The maximum atomic E-state index is 9.79. The predicted molar refractivity (Wildman–Crippen MR) is 32.1 cm³/mol. The van der Waals surface area contributed by atoms with Crippen molar-refractivity contribution < 1.29 is 25.8 Å². The van der Waals surface area contributed by atoms with Crippen molar-refractivity contribution in [2.24, 2.45) is 0 Å². The first-order valence-corrected chi connectivity index (χ1v) is 8.18. The van der Waals surface area contributed by atoms with E-state index in [2.05, 4.69) is 5.32 Å². The standard InChI is InChI=1S/C3H7.C2H7N.3O.Re/c2*1-3-2;;;;/h1,3H2,2H3;3H,1-2H3;;;;. The molecule has 0 radical (unpaired) electrons. The molecule has 0 fully saturated rings. The Balaban J connectivity index is 0. The summed E-state index contributed by atoms with van der Waals surface area (Å²) >= 11 is -4.95. The molecule has 4 nitrogen and oxygen atoms in total. The van der Waals surface area contributed by atoms with Crippen molar-refractivity contribution in [2.75, 3.05) is 14.1 Å². The van der Waals surface area contributed by atoms with Gasteiger partial charge in [-0.15, -0.1) is 0 Å². The molecular formula is C5H14NO3Re. The van der Waals surface area contributed by atoms with Crippen molar-refractivity contribution in [1.29, 1.82) is 0 Å². The van der Waals surface area contributed by atoms with Gasteiger partial charge in [0.2, 0.25) is 0 Å². The molecule has 0 aromatic carbocycles. The van der Waals surface area contributed by atoms with Crippen molar-refractivity contribution >= 4 is 0 Å². The van der Waals surface area contributed by atoms with Gasteiger partial charge < -0.3 is 5.32 Å². The first-order chi connectivity index (χ1) is 4.47. The molecule has 0 atom stereocenters. The Morgan fingerprint density at radius 3 is 1.50 bits per heavy atom.